The van der Waals surface area contributed by atoms with Crippen molar-refractivity contribution in [3.63, 3.8) is 0 Å². The van der Waals surface area contributed by atoms with E-state index >= 15 is 0 Å². The molecule has 7 rings (SSSR count). The number of likely N-dealkylation sites (tertiary alicyclic amines) is 1. The molecule has 1 N–H and O–H groups in total. The van der Waals surface area contributed by atoms with E-state index in [1.807, 2.05) is 86.7 Å². The Hall–Kier alpha value is -4.16. The zero-order chi connectivity index (χ0) is 31.3. The molecule has 5 atom stereocenters. The standard InChI is InChI=1S/C33H36N6O5S/c1-3-44-23-13-11-22(12-14-23)37-18-6-15-32(2)26(29(37)41)27-30(42)38(19-8-20-40)28-31(43)36(17-7-16-33(27,28)45-32)21-39-25-10-5-4-9-24(25)34-35-39/h4-7,9-16,26-28,40H,3,8,17-21H2,1-2H3/t26-,27-,28?,32+,33-/m0/s1. The molecule has 234 valence electrons. The van der Waals surface area contributed by atoms with Gasteiger partial charge in [-0.1, -0.05) is 41.7 Å². The number of carbonyl (C=O) groups is 3. The number of fused-ring (bicyclic) bond motifs is 3. The van der Waals surface area contributed by atoms with Crippen molar-refractivity contribution in [2.24, 2.45) is 11.8 Å². The van der Waals surface area contributed by atoms with Gasteiger partial charge in [0.25, 0.3) is 0 Å². The summed E-state index contributed by atoms with van der Waals surface area (Å²) in [5, 5.41) is 18.3. The molecule has 45 heavy (non-hydrogen) atoms. The summed E-state index contributed by atoms with van der Waals surface area (Å²) < 4.78 is 5.61. The molecule has 0 bridgehead atoms. The fourth-order valence-electron chi connectivity index (χ4n) is 7.48. The van der Waals surface area contributed by atoms with Crippen LogP contribution in [0, 0.1) is 11.8 Å². The van der Waals surface area contributed by atoms with E-state index in [2.05, 4.69) is 10.3 Å². The van der Waals surface area contributed by atoms with Gasteiger partial charge in [0.15, 0.2) is 0 Å². The predicted octanol–water partition coefficient (Wildman–Crippen LogP) is 2.86. The molecule has 0 aliphatic carbocycles. The summed E-state index contributed by atoms with van der Waals surface area (Å²) >= 11 is 1.54. The molecule has 0 radical (unpaired) electrons. The lowest BCUT2D eigenvalue weighted by atomic mass is 9.74. The summed E-state index contributed by atoms with van der Waals surface area (Å²) in [6.45, 7) is 5.44. The molecule has 2 fully saturated rings. The van der Waals surface area contributed by atoms with Crippen LogP contribution in [0.4, 0.5) is 5.69 Å². The van der Waals surface area contributed by atoms with Gasteiger partial charge in [-0.3, -0.25) is 14.4 Å². The lowest BCUT2D eigenvalue weighted by molar-refractivity contribution is -0.143. The third-order valence-corrected chi connectivity index (χ3v) is 11.2. The van der Waals surface area contributed by atoms with Crippen LogP contribution in [0.3, 0.4) is 0 Å². The van der Waals surface area contributed by atoms with Gasteiger partial charge in [0.05, 0.1) is 28.7 Å². The number of aromatic nitrogens is 3. The van der Waals surface area contributed by atoms with Crippen molar-refractivity contribution in [3.8, 4) is 5.75 Å². The lowest BCUT2D eigenvalue weighted by Crippen LogP contribution is -2.53. The minimum absolute atomic E-state index is 0.117. The molecule has 2 aromatic carbocycles. The minimum Gasteiger partial charge on any atom is -0.494 e. The predicted molar refractivity (Wildman–Crippen MR) is 170 cm³/mol. The van der Waals surface area contributed by atoms with Crippen LogP contribution < -0.4 is 9.64 Å². The third kappa shape index (κ3) is 4.64. The number of aliphatic hydroxyl groups is 1. The molecular formula is C33H36N6O5S. The van der Waals surface area contributed by atoms with Crippen molar-refractivity contribution in [1.29, 1.82) is 0 Å². The van der Waals surface area contributed by atoms with E-state index in [0.29, 0.717) is 26.1 Å². The van der Waals surface area contributed by atoms with E-state index in [4.69, 9.17) is 4.74 Å². The molecule has 2 saturated heterocycles. The molecule has 1 spiro atoms. The molecule has 12 heteroatoms. The quantitative estimate of drug-likeness (QED) is 0.378. The Kier molecular flexibility index (Phi) is 7.44. The number of hydrogen-bond donors (Lipinski definition) is 1. The second-order valence-electron chi connectivity index (χ2n) is 12.1. The van der Waals surface area contributed by atoms with Crippen LogP contribution in [0.15, 0.2) is 72.8 Å². The molecule has 1 aromatic heterocycles. The molecule has 11 nitrogen and oxygen atoms in total. The highest BCUT2D eigenvalue weighted by atomic mass is 32.2. The molecule has 0 saturated carbocycles. The molecular weight excluding hydrogens is 592 g/mol. The number of ether oxygens (including phenoxy) is 1. The maximum Gasteiger partial charge on any atom is 0.248 e. The van der Waals surface area contributed by atoms with Gasteiger partial charge in [-0.05, 0) is 56.7 Å². The van der Waals surface area contributed by atoms with Crippen molar-refractivity contribution < 1.29 is 24.2 Å². The highest BCUT2D eigenvalue weighted by Gasteiger charge is 2.73. The van der Waals surface area contributed by atoms with Gasteiger partial charge in [0.1, 0.15) is 24.0 Å². The Morgan fingerprint density at radius 1 is 0.978 bits per heavy atom. The fraction of sp³-hybridized carbons (Fsp3) is 0.424. The van der Waals surface area contributed by atoms with E-state index in [1.54, 1.807) is 31.1 Å². The summed E-state index contributed by atoms with van der Waals surface area (Å²) in [5.74, 6) is -1.32. The highest BCUT2D eigenvalue weighted by molar-refractivity contribution is 8.02. The monoisotopic (exact) mass is 628 g/mol. The first kappa shape index (κ1) is 29.5. The zero-order valence-electron chi connectivity index (χ0n) is 25.3. The average molecular weight is 629 g/mol. The third-order valence-electron chi connectivity index (χ3n) is 9.38. The van der Waals surface area contributed by atoms with Crippen LogP contribution in [0.25, 0.3) is 11.0 Å². The number of thioether (sulfide) groups is 1. The van der Waals surface area contributed by atoms with Crippen LogP contribution in [0.5, 0.6) is 5.75 Å². The Labute approximate surface area is 265 Å². The van der Waals surface area contributed by atoms with Crippen molar-refractivity contribution >= 4 is 46.2 Å². The van der Waals surface area contributed by atoms with E-state index in [1.165, 1.54) is 0 Å². The maximum atomic E-state index is 14.6. The maximum absolute atomic E-state index is 14.6. The summed E-state index contributed by atoms with van der Waals surface area (Å²) in [4.78, 5) is 48.7. The van der Waals surface area contributed by atoms with Gasteiger partial charge in [-0.15, -0.1) is 16.9 Å². The number of carbonyl (C=O) groups excluding carboxylic acids is 3. The van der Waals surface area contributed by atoms with Crippen LogP contribution in [-0.2, 0) is 21.1 Å². The second-order valence-corrected chi connectivity index (χ2v) is 13.9. The van der Waals surface area contributed by atoms with Gasteiger partial charge >= 0.3 is 0 Å². The molecule has 1 unspecified atom stereocenters. The van der Waals surface area contributed by atoms with E-state index in [-0.39, 0.29) is 37.5 Å². The minimum atomic E-state index is -0.968. The normalized spacial score (nSPS) is 29.2. The largest absolute Gasteiger partial charge is 0.494 e. The van der Waals surface area contributed by atoms with Crippen molar-refractivity contribution in [2.45, 2.75) is 42.5 Å². The van der Waals surface area contributed by atoms with Crippen LogP contribution in [-0.4, -0.2) is 96.0 Å². The number of anilines is 1. The van der Waals surface area contributed by atoms with Gasteiger partial charge in [-0.25, -0.2) is 4.68 Å². The van der Waals surface area contributed by atoms with Crippen LogP contribution >= 0.6 is 11.8 Å². The first-order valence-corrected chi connectivity index (χ1v) is 16.2. The van der Waals surface area contributed by atoms with Crippen molar-refractivity contribution in [3.05, 3.63) is 72.8 Å². The molecule has 5 heterocycles. The van der Waals surface area contributed by atoms with Crippen LogP contribution in [0.1, 0.15) is 20.3 Å². The molecule has 3 amide bonds. The topological polar surface area (TPSA) is 121 Å². The first-order chi connectivity index (χ1) is 21.8. The summed E-state index contributed by atoms with van der Waals surface area (Å²) in [5.41, 5.74) is 2.26. The Morgan fingerprint density at radius 3 is 2.53 bits per heavy atom. The number of aliphatic hydroxyl groups excluding tert-OH is 1. The fourth-order valence-corrected chi connectivity index (χ4v) is 9.64. The van der Waals surface area contributed by atoms with Crippen LogP contribution in [0.2, 0.25) is 0 Å². The summed E-state index contributed by atoms with van der Waals surface area (Å²) in [7, 11) is 0. The van der Waals surface area contributed by atoms with E-state index < -0.39 is 27.4 Å². The van der Waals surface area contributed by atoms with Gasteiger partial charge in [-0.2, -0.15) is 0 Å². The number of nitrogens with zero attached hydrogens (tertiary/aromatic N) is 6. The van der Waals surface area contributed by atoms with Gasteiger partial charge in [0, 0.05) is 36.7 Å². The first-order valence-electron chi connectivity index (χ1n) is 15.4. The number of hydrogen-bond acceptors (Lipinski definition) is 8. The Bertz CT molecular complexity index is 1710. The number of benzene rings is 2. The average Bonchev–Trinajstić information content (AvgIpc) is 3.56. The van der Waals surface area contributed by atoms with Crippen molar-refractivity contribution in [1.82, 2.24) is 24.8 Å². The van der Waals surface area contributed by atoms with Gasteiger partial charge in [0.2, 0.25) is 17.7 Å². The van der Waals surface area contributed by atoms with E-state index in [9.17, 15) is 19.5 Å². The van der Waals surface area contributed by atoms with Gasteiger partial charge < -0.3 is 24.5 Å². The molecule has 4 aliphatic heterocycles. The number of rotatable bonds is 8. The molecule has 3 aromatic rings. The zero-order valence-corrected chi connectivity index (χ0v) is 26.1. The number of para-hydroxylation sites is 1. The number of amides is 3. The second kappa shape index (κ2) is 11.3. The summed E-state index contributed by atoms with van der Waals surface area (Å²) in [6, 6.07) is 14.2. The smallest absolute Gasteiger partial charge is 0.248 e. The Morgan fingerprint density at radius 2 is 1.76 bits per heavy atom. The van der Waals surface area contributed by atoms with E-state index in [0.717, 1.165) is 22.5 Å². The Balaban J connectivity index is 1.27. The SMILES string of the molecule is CCOc1ccc(N2CC=C[C@@]3(C)S[C@]45C=CCN(Cn6nnc7ccccc76)C(=O)C4N(CCCO)C(=O)[C@@H]5[C@H]3C2=O)cc1. The molecule has 4 aliphatic rings. The van der Waals surface area contributed by atoms with Crippen molar-refractivity contribution in [2.75, 3.05) is 37.7 Å². The highest BCUT2D eigenvalue weighted by Crippen LogP contribution is 2.65. The summed E-state index contributed by atoms with van der Waals surface area (Å²) in [6.07, 6.45) is 8.32. The lowest BCUT2D eigenvalue weighted by Gasteiger charge is -2.36.